The van der Waals surface area contributed by atoms with E-state index in [9.17, 15) is 13.6 Å². The topological polar surface area (TPSA) is 118 Å². The standard InChI is InChI=1S/C19H24N4O4S3/c1-29(25)16-12-20-19(28-16)21-18(24)17(22-23-10-2-3-11-23)13-4-6-14(7-5-13)30(26,27)15-8-9-15/h4-7,12,15,26-27H,2-3,8-11H2,1H3,(H,20,21,24)/p+1/b22-17+. The van der Waals surface area contributed by atoms with Gasteiger partial charge in [0.15, 0.2) is 10.8 Å². The largest absolute Gasteiger partial charge is 0.323 e. The summed E-state index contributed by atoms with van der Waals surface area (Å²) in [5, 5.41) is 9.63. The molecule has 11 heteroatoms. The number of carbonyl (C=O) groups is 1. The Morgan fingerprint density at radius 1 is 1.33 bits per heavy atom. The first-order chi connectivity index (χ1) is 14.3. The Hall–Kier alpha value is -1.79. The molecule has 162 valence electrons. The van der Waals surface area contributed by atoms with E-state index < -0.39 is 27.3 Å². The first-order valence-electron chi connectivity index (χ1n) is 9.68. The zero-order chi connectivity index (χ0) is 21.3. The zero-order valence-electron chi connectivity index (χ0n) is 16.5. The SMILES string of the molecule is CS(=O)c1cnc(NC(=O)/C(=N/N2CCCC2)c2ccc(S(O)([OH2+])C3CC3)cc2)s1. The molecule has 0 bridgehead atoms. The molecule has 1 aliphatic carbocycles. The van der Waals surface area contributed by atoms with Gasteiger partial charge >= 0.3 is 0 Å². The van der Waals surface area contributed by atoms with Crippen LogP contribution < -0.4 is 5.32 Å². The zero-order valence-corrected chi connectivity index (χ0v) is 19.0. The van der Waals surface area contributed by atoms with E-state index in [1.807, 2.05) is 5.01 Å². The van der Waals surface area contributed by atoms with Gasteiger partial charge in [-0.2, -0.15) is 5.10 Å². The average molecular weight is 470 g/mol. The number of carbonyl (C=O) groups excluding carboxylic acids is 1. The molecule has 0 radical (unpaired) electrons. The molecule has 1 saturated heterocycles. The number of thiazole rings is 1. The lowest BCUT2D eigenvalue weighted by atomic mass is 10.1. The molecule has 1 saturated carbocycles. The van der Waals surface area contributed by atoms with Gasteiger partial charge in [-0.05, 0) is 37.8 Å². The van der Waals surface area contributed by atoms with Gasteiger partial charge in [0.2, 0.25) is 0 Å². The average Bonchev–Trinajstić information content (AvgIpc) is 3.27. The molecule has 2 heterocycles. The van der Waals surface area contributed by atoms with Crippen LogP contribution in [-0.4, -0.2) is 59.5 Å². The predicted molar refractivity (Wildman–Crippen MR) is 122 cm³/mol. The summed E-state index contributed by atoms with van der Waals surface area (Å²) in [5.74, 6) is -0.395. The lowest BCUT2D eigenvalue weighted by molar-refractivity contribution is -0.110. The molecule has 1 aliphatic heterocycles. The number of hydrazone groups is 1. The molecule has 2 aliphatic rings. The van der Waals surface area contributed by atoms with E-state index in [0.717, 1.165) is 38.8 Å². The van der Waals surface area contributed by atoms with Gasteiger partial charge in [0, 0.05) is 24.9 Å². The van der Waals surface area contributed by atoms with Gasteiger partial charge < -0.3 is 4.55 Å². The molecule has 1 amide bonds. The van der Waals surface area contributed by atoms with E-state index in [0.29, 0.717) is 19.8 Å². The molecular formula is C19H25N4O4S3+. The molecule has 2 fully saturated rings. The van der Waals surface area contributed by atoms with Crippen LogP contribution in [0.5, 0.6) is 0 Å². The summed E-state index contributed by atoms with van der Waals surface area (Å²) in [6.45, 7) is 1.59. The van der Waals surface area contributed by atoms with Gasteiger partial charge in [-0.25, -0.2) is 4.98 Å². The molecule has 0 spiro atoms. The second kappa shape index (κ2) is 8.75. The van der Waals surface area contributed by atoms with E-state index in [1.54, 1.807) is 30.5 Å². The summed E-state index contributed by atoms with van der Waals surface area (Å²) >= 11 is 1.17. The number of nitrogens with zero attached hydrogens (tertiary/aromatic N) is 3. The van der Waals surface area contributed by atoms with Crippen molar-refractivity contribution in [3.8, 4) is 0 Å². The Labute approximate surface area is 183 Å². The van der Waals surface area contributed by atoms with Crippen LogP contribution in [0.4, 0.5) is 5.13 Å². The smallest absolute Gasteiger partial charge is 0.278 e. The predicted octanol–water partition coefficient (Wildman–Crippen LogP) is 2.76. The second-order valence-electron chi connectivity index (χ2n) is 7.35. The first kappa shape index (κ1) is 21.4. The number of amides is 1. The minimum absolute atomic E-state index is 0.0487. The normalized spacial score (nSPS) is 21.2. The number of hydrogen-bond donors (Lipinski definition) is 2. The molecular weight excluding hydrogens is 444 g/mol. The van der Waals surface area contributed by atoms with Gasteiger partial charge in [-0.3, -0.25) is 23.9 Å². The van der Waals surface area contributed by atoms with Gasteiger partial charge in [0.25, 0.3) is 5.91 Å². The first-order valence-corrected chi connectivity index (χ1v) is 13.7. The number of aromatic nitrogens is 1. The van der Waals surface area contributed by atoms with Crippen molar-refractivity contribution in [2.24, 2.45) is 5.10 Å². The highest BCUT2D eigenvalue weighted by molar-refractivity contribution is 8.25. The van der Waals surface area contributed by atoms with Crippen molar-refractivity contribution in [1.82, 2.24) is 9.99 Å². The Morgan fingerprint density at radius 3 is 2.57 bits per heavy atom. The Morgan fingerprint density at radius 2 is 2.00 bits per heavy atom. The van der Waals surface area contributed by atoms with Crippen molar-refractivity contribution < 1.29 is 18.1 Å². The van der Waals surface area contributed by atoms with Crippen molar-refractivity contribution in [3.05, 3.63) is 36.0 Å². The molecule has 30 heavy (non-hydrogen) atoms. The number of benzene rings is 1. The highest BCUT2D eigenvalue weighted by Gasteiger charge is 2.40. The molecule has 4 rings (SSSR count). The lowest BCUT2D eigenvalue weighted by Gasteiger charge is -2.27. The van der Waals surface area contributed by atoms with E-state index >= 15 is 0 Å². The maximum atomic E-state index is 13.0. The van der Waals surface area contributed by atoms with Gasteiger partial charge in [0.1, 0.15) is 9.10 Å². The quantitative estimate of drug-likeness (QED) is 0.478. The summed E-state index contributed by atoms with van der Waals surface area (Å²) in [4.78, 5) is 17.8. The third kappa shape index (κ3) is 4.75. The van der Waals surface area contributed by atoms with Crippen molar-refractivity contribution in [2.45, 2.75) is 40.0 Å². The second-order valence-corrected chi connectivity index (χ2v) is 12.4. The van der Waals surface area contributed by atoms with E-state index in [-0.39, 0.29) is 11.0 Å². The Kier molecular flexibility index (Phi) is 6.26. The van der Waals surface area contributed by atoms with Crippen molar-refractivity contribution in [2.75, 3.05) is 24.7 Å². The molecule has 1 aromatic heterocycles. The summed E-state index contributed by atoms with van der Waals surface area (Å²) in [6.07, 6.45) is 6.91. The monoisotopic (exact) mass is 469 g/mol. The van der Waals surface area contributed by atoms with Crippen LogP contribution in [0.2, 0.25) is 0 Å². The summed E-state index contributed by atoms with van der Waals surface area (Å²) in [6, 6.07) is 6.94. The van der Waals surface area contributed by atoms with Crippen LogP contribution in [-0.2, 0) is 15.6 Å². The molecule has 2 atom stereocenters. The van der Waals surface area contributed by atoms with E-state index in [4.69, 9.17) is 4.55 Å². The lowest BCUT2D eigenvalue weighted by Crippen LogP contribution is -2.27. The van der Waals surface area contributed by atoms with Crippen LogP contribution in [0.25, 0.3) is 0 Å². The number of nitrogens with one attached hydrogen (secondary N) is 1. The molecule has 2 aromatic rings. The third-order valence-electron chi connectivity index (χ3n) is 5.02. The van der Waals surface area contributed by atoms with Crippen molar-refractivity contribution in [3.63, 3.8) is 0 Å². The number of hydrogen-bond acceptors (Lipinski definition) is 7. The number of anilines is 1. The molecule has 4 N–H and O–H groups in total. The molecule has 8 nitrogen and oxygen atoms in total. The minimum Gasteiger partial charge on any atom is -0.323 e. The van der Waals surface area contributed by atoms with Gasteiger partial charge in [0.05, 0.1) is 22.2 Å². The Balaban J connectivity index is 1.59. The third-order valence-corrected chi connectivity index (χ3v) is 9.78. The van der Waals surface area contributed by atoms with Crippen molar-refractivity contribution in [1.29, 1.82) is 0 Å². The highest BCUT2D eigenvalue weighted by atomic mass is 32.3. The fraction of sp³-hybridized carbons (Fsp3) is 0.421. The highest BCUT2D eigenvalue weighted by Crippen LogP contribution is 2.61. The van der Waals surface area contributed by atoms with Gasteiger partial charge in [-0.1, -0.05) is 34.1 Å². The van der Waals surface area contributed by atoms with E-state index in [1.165, 1.54) is 17.5 Å². The van der Waals surface area contributed by atoms with Gasteiger partial charge in [-0.15, -0.1) is 0 Å². The summed E-state index contributed by atoms with van der Waals surface area (Å²) < 4.78 is 31.0. The molecule has 2 unspecified atom stereocenters. The van der Waals surface area contributed by atoms with Crippen LogP contribution in [0.15, 0.2) is 44.7 Å². The fourth-order valence-electron chi connectivity index (χ4n) is 3.20. The maximum Gasteiger partial charge on any atom is 0.278 e. The molecule has 1 aromatic carbocycles. The van der Waals surface area contributed by atoms with Crippen LogP contribution in [0.3, 0.4) is 0 Å². The minimum atomic E-state index is -2.54. The van der Waals surface area contributed by atoms with Crippen LogP contribution in [0.1, 0.15) is 31.2 Å². The summed E-state index contributed by atoms with van der Waals surface area (Å²) in [5.41, 5.74) is 0.873. The van der Waals surface area contributed by atoms with E-state index in [2.05, 4.69) is 15.4 Å². The fourth-order valence-corrected chi connectivity index (χ4v) is 6.41. The summed E-state index contributed by atoms with van der Waals surface area (Å²) in [7, 11) is -3.70. The number of rotatable bonds is 7. The van der Waals surface area contributed by atoms with Crippen LogP contribution >= 0.6 is 21.9 Å². The van der Waals surface area contributed by atoms with Crippen molar-refractivity contribution >= 4 is 49.5 Å². The van der Waals surface area contributed by atoms with Crippen LogP contribution in [0, 0.1) is 0 Å². The Bertz CT molecular complexity index is 980. The maximum absolute atomic E-state index is 13.0.